The lowest BCUT2D eigenvalue weighted by molar-refractivity contribution is -0.131. The van der Waals surface area contributed by atoms with Gasteiger partial charge >= 0.3 is 5.97 Å². The minimum atomic E-state index is -0.982. The molecule has 0 atom stereocenters. The van der Waals surface area contributed by atoms with E-state index >= 15 is 0 Å². The number of hydrogen-bond acceptors (Lipinski definition) is 3. The first-order valence-corrected chi connectivity index (χ1v) is 7.67. The molecule has 4 nitrogen and oxygen atoms in total. The summed E-state index contributed by atoms with van der Waals surface area (Å²) in [6.07, 6.45) is 7.59. The number of rotatable bonds is 6. The molecular formula is C15H19NO3S. The molecule has 1 amide bonds. The molecule has 2 N–H and O–H groups in total. The highest BCUT2D eigenvalue weighted by atomic mass is 32.1. The Bertz CT molecular complexity index is 529. The molecule has 1 aromatic rings. The van der Waals surface area contributed by atoms with E-state index in [4.69, 9.17) is 5.11 Å². The summed E-state index contributed by atoms with van der Waals surface area (Å²) in [6, 6.07) is 1.81. The van der Waals surface area contributed by atoms with Gasteiger partial charge in [0.05, 0.1) is 4.88 Å². The molecule has 0 radical (unpaired) electrons. The predicted octanol–water partition coefficient (Wildman–Crippen LogP) is 3.07. The second-order valence-corrected chi connectivity index (χ2v) is 6.25. The van der Waals surface area contributed by atoms with Crippen molar-refractivity contribution >= 4 is 29.3 Å². The van der Waals surface area contributed by atoms with E-state index in [1.807, 2.05) is 13.0 Å². The highest BCUT2D eigenvalue weighted by molar-refractivity contribution is 7.15. The molecule has 0 aliphatic heterocycles. The molecule has 0 unspecified atom stereocenters. The summed E-state index contributed by atoms with van der Waals surface area (Å²) in [7, 11) is 0. The van der Waals surface area contributed by atoms with E-state index < -0.39 is 5.97 Å². The van der Waals surface area contributed by atoms with Crippen LogP contribution in [0.2, 0.25) is 0 Å². The maximum atomic E-state index is 12.0. The van der Waals surface area contributed by atoms with Crippen LogP contribution >= 0.6 is 11.3 Å². The van der Waals surface area contributed by atoms with Crippen LogP contribution in [0.5, 0.6) is 0 Å². The van der Waals surface area contributed by atoms with Crippen molar-refractivity contribution in [2.24, 2.45) is 5.92 Å². The first-order valence-electron chi connectivity index (χ1n) is 6.86. The van der Waals surface area contributed by atoms with Gasteiger partial charge in [0, 0.05) is 17.5 Å². The van der Waals surface area contributed by atoms with Crippen molar-refractivity contribution in [2.75, 3.05) is 6.54 Å². The minimum absolute atomic E-state index is 0.0626. The Labute approximate surface area is 122 Å². The van der Waals surface area contributed by atoms with Crippen molar-refractivity contribution in [1.29, 1.82) is 0 Å². The smallest absolute Gasteiger partial charge is 0.328 e. The molecular weight excluding hydrogens is 274 g/mol. The largest absolute Gasteiger partial charge is 0.478 e. The topological polar surface area (TPSA) is 66.4 Å². The normalized spacial score (nSPS) is 15.2. The molecule has 1 saturated carbocycles. The average Bonchev–Trinajstić information content (AvgIpc) is 2.71. The molecule has 0 bridgehead atoms. The van der Waals surface area contributed by atoms with Crippen LogP contribution in [0.4, 0.5) is 0 Å². The van der Waals surface area contributed by atoms with Crippen molar-refractivity contribution in [3.8, 4) is 0 Å². The highest BCUT2D eigenvalue weighted by Gasteiger charge is 2.17. The highest BCUT2D eigenvalue weighted by Crippen LogP contribution is 2.29. The average molecular weight is 293 g/mol. The van der Waals surface area contributed by atoms with E-state index in [9.17, 15) is 9.59 Å². The van der Waals surface area contributed by atoms with Crippen molar-refractivity contribution in [1.82, 2.24) is 5.32 Å². The van der Waals surface area contributed by atoms with Crippen LogP contribution in [0.1, 0.15) is 45.8 Å². The lowest BCUT2D eigenvalue weighted by atomic mass is 9.83. The third-order valence-corrected chi connectivity index (χ3v) is 4.82. The van der Waals surface area contributed by atoms with Crippen LogP contribution in [0.3, 0.4) is 0 Å². The standard InChI is InChI=1S/C15H19NO3S/c1-10-9-13(20-12(10)5-6-14(17)18)15(19)16-8-7-11-3-2-4-11/h5-6,9,11H,2-4,7-8H2,1H3,(H,16,19)(H,17,18)/b6-5+. The van der Waals surface area contributed by atoms with E-state index in [1.54, 1.807) is 0 Å². The fourth-order valence-electron chi connectivity index (χ4n) is 2.18. The van der Waals surface area contributed by atoms with Gasteiger partial charge in [0.15, 0.2) is 0 Å². The van der Waals surface area contributed by atoms with Crippen molar-refractivity contribution in [3.05, 3.63) is 27.5 Å². The Kier molecular flexibility index (Phi) is 4.95. The third kappa shape index (κ3) is 3.93. The summed E-state index contributed by atoms with van der Waals surface area (Å²) in [4.78, 5) is 24.0. The van der Waals surface area contributed by atoms with E-state index in [-0.39, 0.29) is 5.91 Å². The van der Waals surface area contributed by atoms with E-state index in [1.165, 1.54) is 36.7 Å². The summed E-state index contributed by atoms with van der Waals surface area (Å²) in [6.45, 7) is 2.60. The monoisotopic (exact) mass is 293 g/mol. The Morgan fingerprint density at radius 3 is 2.85 bits per heavy atom. The number of nitrogens with one attached hydrogen (secondary N) is 1. The van der Waals surface area contributed by atoms with Crippen molar-refractivity contribution in [2.45, 2.75) is 32.6 Å². The molecule has 1 fully saturated rings. The second-order valence-electron chi connectivity index (χ2n) is 5.17. The van der Waals surface area contributed by atoms with Gasteiger partial charge in [0.2, 0.25) is 0 Å². The van der Waals surface area contributed by atoms with Crippen LogP contribution in [-0.4, -0.2) is 23.5 Å². The van der Waals surface area contributed by atoms with Crippen molar-refractivity contribution < 1.29 is 14.7 Å². The maximum Gasteiger partial charge on any atom is 0.328 e. The van der Waals surface area contributed by atoms with Gasteiger partial charge in [-0.3, -0.25) is 4.79 Å². The van der Waals surface area contributed by atoms with Gasteiger partial charge in [0.25, 0.3) is 5.91 Å². The number of aliphatic carboxylic acids is 1. The van der Waals surface area contributed by atoms with Gasteiger partial charge < -0.3 is 10.4 Å². The molecule has 0 saturated heterocycles. The van der Waals surface area contributed by atoms with Crippen LogP contribution in [0.15, 0.2) is 12.1 Å². The summed E-state index contributed by atoms with van der Waals surface area (Å²) in [5, 5.41) is 11.6. The Hall–Kier alpha value is -1.62. The van der Waals surface area contributed by atoms with Crippen LogP contribution in [0, 0.1) is 12.8 Å². The van der Waals surface area contributed by atoms with Gasteiger partial charge in [0.1, 0.15) is 0 Å². The molecule has 1 aliphatic rings. The number of carbonyl (C=O) groups excluding carboxylic acids is 1. The van der Waals surface area contributed by atoms with Crippen LogP contribution < -0.4 is 5.32 Å². The molecule has 1 heterocycles. The SMILES string of the molecule is Cc1cc(C(=O)NCCC2CCC2)sc1/C=C/C(=O)O. The molecule has 2 rings (SSSR count). The number of thiophene rings is 1. The van der Waals surface area contributed by atoms with E-state index in [0.29, 0.717) is 4.88 Å². The summed E-state index contributed by atoms with van der Waals surface area (Å²) < 4.78 is 0. The zero-order chi connectivity index (χ0) is 14.5. The second kappa shape index (κ2) is 6.70. The van der Waals surface area contributed by atoms with Gasteiger partial charge in [-0.25, -0.2) is 4.79 Å². The summed E-state index contributed by atoms with van der Waals surface area (Å²) in [5.74, 6) is -0.258. The molecule has 108 valence electrons. The lowest BCUT2D eigenvalue weighted by Gasteiger charge is -2.25. The van der Waals surface area contributed by atoms with Crippen LogP contribution in [0.25, 0.3) is 6.08 Å². The van der Waals surface area contributed by atoms with E-state index in [0.717, 1.165) is 35.4 Å². The Balaban J connectivity index is 1.89. The number of carboxylic acids is 1. The third-order valence-electron chi connectivity index (χ3n) is 3.62. The van der Waals surface area contributed by atoms with Crippen LogP contribution in [-0.2, 0) is 4.79 Å². The molecule has 1 aromatic heterocycles. The molecule has 0 spiro atoms. The molecule has 0 aromatic carbocycles. The van der Waals surface area contributed by atoms with Gasteiger partial charge in [-0.2, -0.15) is 0 Å². The van der Waals surface area contributed by atoms with Gasteiger partial charge in [-0.05, 0) is 37.0 Å². The number of carboxylic acid groups (broad SMARTS) is 1. The molecule has 1 aliphatic carbocycles. The van der Waals surface area contributed by atoms with Crippen molar-refractivity contribution in [3.63, 3.8) is 0 Å². The first-order chi connectivity index (χ1) is 9.56. The maximum absolute atomic E-state index is 12.0. The first kappa shape index (κ1) is 14.8. The fourth-order valence-corrected chi connectivity index (χ4v) is 3.17. The Morgan fingerprint density at radius 2 is 2.25 bits per heavy atom. The number of aryl methyl sites for hydroxylation is 1. The number of hydrogen-bond donors (Lipinski definition) is 2. The quantitative estimate of drug-likeness (QED) is 0.792. The van der Waals surface area contributed by atoms with E-state index in [2.05, 4.69) is 5.32 Å². The van der Waals surface area contributed by atoms with Gasteiger partial charge in [-0.15, -0.1) is 11.3 Å². The number of amides is 1. The fraction of sp³-hybridized carbons (Fsp3) is 0.467. The zero-order valence-corrected chi connectivity index (χ0v) is 12.3. The van der Waals surface area contributed by atoms with Gasteiger partial charge in [-0.1, -0.05) is 19.3 Å². The molecule has 5 heteroatoms. The predicted molar refractivity (Wildman–Crippen MR) is 80.0 cm³/mol. The minimum Gasteiger partial charge on any atom is -0.478 e. The molecule has 20 heavy (non-hydrogen) atoms. The Morgan fingerprint density at radius 1 is 1.50 bits per heavy atom. The lowest BCUT2D eigenvalue weighted by Crippen LogP contribution is -2.26. The number of carbonyl (C=O) groups is 2. The summed E-state index contributed by atoms with van der Waals surface area (Å²) in [5.41, 5.74) is 0.927. The summed E-state index contributed by atoms with van der Waals surface area (Å²) >= 11 is 1.33. The zero-order valence-electron chi connectivity index (χ0n) is 11.5.